The summed E-state index contributed by atoms with van der Waals surface area (Å²) in [6.45, 7) is 6.65. The molecule has 152 valence electrons. The Hall–Kier alpha value is -2.61. The maximum atomic E-state index is 5.59. The lowest BCUT2D eigenvalue weighted by Crippen LogP contribution is -2.58. The fourth-order valence-electron chi connectivity index (χ4n) is 4.32. The van der Waals surface area contributed by atoms with Crippen LogP contribution in [0.2, 0.25) is 0 Å². The Kier molecular flexibility index (Phi) is 4.87. The van der Waals surface area contributed by atoms with Crippen LogP contribution in [-0.2, 0) is 13.2 Å². The second-order valence-corrected chi connectivity index (χ2v) is 7.91. The van der Waals surface area contributed by atoms with Crippen LogP contribution < -0.4 is 9.75 Å². The summed E-state index contributed by atoms with van der Waals surface area (Å²) in [7, 11) is 3.93. The van der Waals surface area contributed by atoms with Crippen molar-refractivity contribution in [1.29, 1.82) is 0 Å². The van der Waals surface area contributed by atoms with Gasteiger partial charge in [-0.15, -0.1) is 0 Å². The third-order valence-electron chi connectivity index (χ3n) is 5.95. The van der Waals surface area contributed by atoms with Crippen molar-refractivity contribution in [3.05, 3.63) is 54.1 Å². The van der Waals surface area contributed by atoms with Gasteiger partial charge in [0.1, 0.15) is 5.75 Å². The molecule has 1 aromatic heterocycles. The van der Waals surface area contributed by atoms with E-state index in [0.717, 1.165) is 63.3 Å². The smallest absolute Gasteiger partial charge is 0.223 e. The Morgan fingerprint density at radius 2 is 1.69 bits per heavy atom. The van der Waals surface area contributed by atoms with Crippen LogP contribution in [0.5, 0.6) is 5.75 Å². The van der Waals surface area contributed by atoms with Crippen molar-refractivity contribution < 1.29 is 4.74 Å². The minimum atomic E-state index is 0.818. The highest BCUT2D eigenvalue weighted by atomic mass is 16.5. The zero-order chi connectivity index (χ0) is 19.8. The van der Waals surface area contributed by atoms with E-state index in [1.54, 1.807) is 7.11 Å². The topological polar surface area (TPSA) is 40.0 Å². The number of hydrogen-bond acceptors (Lipinski definition) is 6. The van der Waals surface area contributed by atoms with E-state index < -0.39 is 0 Å². The minimum Gasteiger partial charge on any atom is -0.496 e. The van der Waals surface area contributed by atoms with Crippen LogP contribution in [0.25, 0.3) is 11.0 Å². The van der Waals surface area contributed by atoms with Crippen LogP contribution in [0.4, 0.5) is 5.95 Å². The summed E-state index contributed by atoms with van der Waals surface area (Å²) in [6, 6.07) is 16.7. The van der Waals surface area contributed by atoms with Crippen molar-refractivity contribution in [2.75, 3.05) is 52.0 Å². The molecule has 3 aromatic rings. The Morgan fingerprint density at radius 1 is 0.931 bits per heavy atom. The highest BCUT2D eigenvalue weighted by molar-refractivity contribution is 5.78. The average Bonchev–Trinajstić information content (AvgIpc) is 3.13. The number of para-hydroxylation sites is 3. The molecule has 1 fully saturated rings. The third-order valence-corrected chi connectivity index (χ3v) is 5.95. The molecule has 2 aliphatic rings. The molecule has 2 aliphatic heterocycles. The first-order valence-electron chi connectivity index (χ1n) is 10.2. The van der Waals surface area contributed by atoms with Gasteiger partial charge < -0.3 is 9.64 Å². The molecule has 0 saturated carbocycles. The molecular weight excluding hydrogens is 364 g/mol. The lowest BCUT2D eigenvalue weighted by atomic mass is 10.2. The van der Waals surface area contributed by atoms with Crippen LogP contribution in [0.15, 0.2) is 48.5 Å². The molecule has 0 aliphatic carbocycles. The van der Waals surface area contributed by atoms with Crippen molar-refractivity contribution in [3.8, 4) is 5.75 Å². The predicted molar refractivity (Wildman–Crippen MR) is 115 cm³/mol. The predicted octanol–water partition coefficient (Wildman–Crippen LogP) is 2.44. The molecule has 0 N–H and O–H groups in total. The summed E-state index contributed by atoms with van der Waals surface area (Å²) in [5.41, 5.74) is 3.45. The Morgan fingerprint density at radius 3 is 2.52 bits per heavy atom. The fourth-order valence-corrected chi connectivity index (χ4v) is 4.32. The Labute approximate surface area is 171 Å². The van der Waals surface area contributed by atoms with Crippen LogP contribution in [0.1, 0.15) is 5.56 Å². The second kappa shape index (κ2) is 7.67. The van der Waals surface area contributed by atoms with E-state index >= 15 is 0 Å². The van der Waals surface area contributed by atoms with E-state index in [1.807, 2.05) is 12.1 Å². The highest BCUT2D eigenvalue weighted by Gasteiger charge is 2.31. The number of imidazole rings is 1. The van der Waals surface area contributed by atoms with Crippen LogP contribution in [0.3, 0.4) is 0 Å². The molecule has 7 heteroatoms. The summed E-state index contributed by atoms with van der Waals surface area (Å²) >= 11 is 0. The van der Waals surface area contributed by atoms with Crippen molar-refractivity contribution in [3.63, 3.8) is 0 Å². The van der Waals surface area contributed by atoms with Gasteiger partial charge in [-0.1, -0.05) is 30.3 Å². The van der Waals surface area contributed by atoms with Gasteiger partial charge in [-0.2, -0.15) is 0 Å². The zero-order valence-corrected chi connectivity index (χ0v) is 17.2. The number of nitrogens with zero attached hydrogens (tertiary/aromatic N) is 6. The number of piperazine rings is 1. The number of hydrazine groups is 1. The second-order valence-electron chi connectivity index (χ2n) is 7.91. The highest BCUT2D eigenvalue weighted by Crippen LogP contribution is 2.30. The Balaban J connectivity index is 1.49. The molecule has 1 saturated heterocycles. The molecule has 0 amide bonds. The molecule has 29 heavy (non-hydrogen) atoms. The number of methoxy groups -OCH3 is 1. The van der Waals surface area contributed by atoms with Gasteiger partial charge >= 0.3 is 0 Å². The lowest BCUT2D eigenvalue weighted by molar-refractivity contribution is 0.0859. The first-order valence-corrected chi connectivity index (χ1v) is 10.2. The van der Waals surface area contributed by atoms with Gasteiger partial charge in [0, 0.05) is 38.3 Å². The van der Waals surface area contributed by atoms with Crippen molar-refractivity contribution in [1.82, 2.24) is 24.4 Å². The maximum absolute atomic E-state index is 5.59. The number of anilines is 1. The van der Waals surface area contributed by atoms with Gasteiger partial charge in [0.15, 0.2) is 0 Å². The number of hydrogen-bond donors (Lipinski definition) is 0. The molecule has 0 bridgehead atoms. The maximum Gasteiger partial charge on any atom is 0.223 e. The largest absolute Gasteiger partial charge is 0.496 e. The van der Waals surface area contributed by atoms with Gasteiger partial charge in [-0.05, 0) is 25.2 Å². The first-order chi connectivity index (χ1) is 14.2. The number of ether oxygens (including phenoxy) is 1. The molecule has 2 aromatic carbocycles. The zero-order valence-electron chi connectivity index (χ0n) is 17.2. The van der Waals surface area contributed by atoms with E-state index in [-0.39, 0.29) is 0 Å². The van der Waals surface area contributed by atoms with E-state index in [0.29, 0.717) is 0 Å². The van der Waals surface area contributed by atoms with Gasteiger partial charge in [0.2, 0.25) is 5.95 Å². The molecule has 0 radical (unpaired) electrons. The molecule has 0 unspecified atom stereocenters. The van der Waals surface area contributed by atoms with Gasteiger partial charge in [0.05, 0.1) is 31.5 Å². The molecule has 0 atom stereocenters. The quantitative estimate of drug-likeness (QED) is 0.679. The molecule has 3 heterocycles. The van der Waals surface area contributed by atoms with Gasteiger partial charge in [-0.25, -0.2) is 9.99 Å². The number of rotatable bonds is 4. The summed E-state index contributed by atoms with van der Waals surface area (Å²) in [4.78, 5) is 9.83. The van der Waals surface area contributed by atoms with E-state index in [2.05, 4.69) is 67.8 Å². The first kappa shape index (κ1) is 18.4. The lowest BCUT2D eigenvalue weighted by Gasteiger charge is -2.45. The fraction of sp³-hybridized carbons (Fsp3) is 0.409. The van der Waals surface area contributed by atoms with Crippen molar-refractivity contribution in [2.24, 2.45) is 0 Å². The number of benzene rings is 2. The summed E-state index contributed by atoms with van der Waals surface area (Å²) in [5.74, 6) is 1.99. The summed E-state index contributed by atoms with van der Waals surface area (Å²) in [6.07, 6.45) is 0. The van der Waals surface area contributed by atoms with Crippen LogP contribution in [0, 0.1) is 0 Å². The van der Waals surface area contributed by atoms with Gasteiger partial charge in [-0.3, -0.25) is 14.5 Å². The van der Waals surface area contributed by atoms with E-state index in [4.69, 9.17) is 9.72 Å². The van der Waals surface area contributed by atoms with Crippen LogP contribution in [-0.4, -0.2) is 71.4 Å². The third kappa shape index (κ3) is 3.46. The Bertz CT molecular complexity index is 994. The van der Waals surface area contributed by atoms with Gasteiger partial charge in [0.25, 0.3) is 0 Å². The molecule has 5 rings (SSSR count). The monoisotopic (exact) mass is 392 g/mol. The van der Waals surface area contributed by atoms with Crippen molar-refractivity contribution >= 4 is 17.0 Å². The number of likely N-dealkylation sites (N-methyl/N-ethyl adjacent to an activating group) is 1. The van der Waals surface area contributed by atoms with E-state index in [9.17, 15) is 0 Å². The minimum absolute atomic E-state index is 0.818. The summed E-state index contributed by atoms with van der Waals surface area (Å²) in [5, 5.41) is 4.82. The average molecular weight is 393 g/mol. The van der Waals surface area contributed by atoms with E-state index in [1.165, 1.54) is 11.1 Å². The standard InChI is InChI=1S/C22H28N6O/c1-24-11-13-26(14-12-24)28-17-25(15-18-7-3-6-10-21(18)29-2)16-27-20-9-5-4-8-19(20)23-22(27)28/h3-10H,11-17H2,1-2H3. The normalized spacial score (nSPS) is 18.9. The number of aromatic nitrogens is 2. The molecule has 7 nitrogen and oxygen atoms in total. The number of fused-ring (bicyclic) bond motifs is 3. The SMILES string of the molecule is COc1ccccc1CN1CN(N2CCN(C)CC2)c2nc3ccccc3n2C1. The molecule has 0 spiro atoms. The summed E-state index contributed by atoms with van der Waals surface area (Å²) < 4.78 is 7.93. The van der Waals surface area contributed by atoms with Crippen molar-refractivity contribution in [2.45, 2.75) is 13.2 Å². The van der Waals surface area contributed by atoms with Crippen LogP contribution >= 0.6 is 0 Å². The molecular formula is C22H28N6O.